The first-order chi connectivity index (χ1) is 9.43. The Morgan fingerprint density at radius 3 is 2.75 bits per heavy atom. The largest absolute Gasteiger partial charge is 0.481 e. The highest BCUT2D eigenvalue weighted by molar-refractivity contribution is 9.10. The normalized spacial score (nSPS) is 11.8. The molecule has 0 aromatic heterocycles. The Morgan fingerprint density at radius 2 is 2.20 bits per heavy atom. The zero-order chi connectivity index (χ0) is 15.1. The van der Waals surface area contributed by atoms with Crippen LogP contribution in [-0.2, 0) is 14.3 Å². The van der Waals surface area contributed by atoms with Gasteiger partial charge < -0.3 is 19.9 Å². The lowest BCUT2D eigenvalue weighted by atomic mass is 10.3. The second-order valence-corrected chi connectivity index (χ2v) is 4.69. The van der Waals surface area contributed by atoms with E-state index in [-0.39, 0.29) is 12.4 Å². The molecular formula is C12H13BrFNO5. The highest BCUT2D eigenvalue weighted by atomic mass is 79.9. The average molecular weight is 350 g/mol. The van der Waals surface area contributed by atoms with Crippen LogP contribution in [0.5, 0.6) is 5.75 Å². The lowest BCUT2D eigenvalue weighted by Gasteiger charge is -2.14. The van der Waals surface area contributed by atoms with E-state index in [0.717, 1.165) is 0 Å². The minimum atomic E-state index is -1.23. The van der Waals surface area contributed by atoms with Gasteiger partial charge in [0.1, 0.15) is 0 Å². The standard InChI is InChI=1S/C12H13BrFNO5/c1-19-5-9(12(17)18)15-11(16)6-20-10-3-2-7(13)4-8(10)14/h2-4,9H,5-6H2,1H3,(H,15,16)(H,17,18). The number of benzene rings is 1. The van der Waals surface area contributed by atoms with Crippen molar-refractivity contribution in [3.63, 3.8) is 0 Å². The van der Waals surface area contributed by atoms with Crippen LogP contribution in [0.4, 0.5) is 4.39 Å². The summed E-state index contributed by atoms with van der Waals surface area (Å²) in [4.78, 5) is 22.3. The number of nitrogens with one attached hydrogen (secondary N) is 1. The molecular weight excluding hydrogens is 337 g/mol. The molecule has 0 spiro atoms. The molecule has 2 N–H and O–H groups in total. The molecule has 0 aliphatic carbocycles. The van der Waals surface area contributed by atoms with Gasteiger partial charge in [-0.05, 0) is 18.2 Å². The van der Waals surface area contributed by atoms with E-state index in [4.69, 9.17) is 9.84 Å². The summed E-state index contributed by atoms with van der Waals surface area (Å²) >= 11 is 3.09. The van der Waals surface area contributed by atoms with Crippen molar-refractivity contribution >= 4 is 27.8 Å². The first kappa shape index (κ1) is 16.4. The fourth-order valence-electron chi connectivity index (χ4n) is 1.31. The van der Waals surface area contributed by atoms with Crippen LogP contribution < -0.4 is 10.1 Å². The summed E-state index contributed by atoms with van der Waals surface area (Å²) in [5.41, 5.74) is 0. The number of halogens is 2. The topological polar surface area (TPSA) is 84.9 Å². The molecule has 0 bridgehead atoms. The molecule has 110 valence electrons. The summed E-state index contributed by atoms with van der Waals surface area (Å²) < 4.78 is 23.6. The number of carbonyl (C=O) groups is 2. The Kier molecular flexibility index (Phi) is 6.40. The Hall–Kier alpha value is -1.67. The van der Waals surface area contributed by atoms with Gasteiger partial charge in [0, 0.05) is 11.6 Å². The third-order valence-corrected chi connectivity index (χ3v) is 2.71. The van der Waals surface area contributed by atoms with Crippen LogP contribution in [0.3, 0.4) is 0 Å². The number of hydrogen-bond donors (Lipinski definition) is 2. The Balaban J connectivity index is 2.52. The predicted molar refractivity (Wildman–Crippen MR) is 71.0 cm³/mol. The third kappa shape index (κ3) is 5.14. The van der Waals surface area contributed by atoms with Crippen molar-refractivity contribution in [1.82, 2.24) is 5.32 Å². The molecule has 1 atom stereocenters. The van der Waals surface area contributed by atoms with Gasteiger partial charge in [-0.2, -0.15) is 0 Å². The van der Waals surface area contributed by atoms with E-state index in [1.165, 1.54) is 19.2 Å². The van der Waals surface area contributed by atoms with E-state index in [9.17, 15) is 14.0 Å². The summed E-state index contributed by atoms with van der Waals surface area (Å²) in [6.07, 6.45) is 0. The summed E-state index contributed by atoms with van der Waals surface area (Å²) in [7, 11) is 1.32. The molecule has 1 unspecified atom stereocenters. The number of methoxy groups -OCH3 is 1. The van der Waals surface area contributed by atoms with E-state index in [2.05, 4.69) is 26.0 Å². The minimum Gasteiger partial charge on any atom is -0.481 e. The smallest absolute Gasteiger partial charge is 0.328 e. The summed E-state index contributed by atoms with van der Waals surface area (Å²) in [5.74, 6) is -2.63. The number of hydrogen-bond acceptors (Lipinski definition) is 4. The fraction of sp³-hybridized carbons (Fsp3) is 0.333. The molecule has 0 fully saturated rings. The highest BCUT2D eigenvalue weighted by Crippen LogP contribution is 2.21. The molecule has 0 radical (unpaired) electrons. The van der Waals surface area contributed by atoms with Crippen LogP contribution in [0.1, 0.15) is 0 Å². The maximum atomic E-state index is 13.4. The maximum Gasteiger partial charge on any atom is 0.328 e. The molecule has 0 saturated carbocycles. The SMILES string of the molecule is COCC(NC(=O)COc1ccc(Br)cc1F)C(=O)O. The number of carboxylic acids is 1. The van der Waals surface area contributed by atoms with Crippen LogP contribution in [0.15, 0.2) is 22.7 Å². The van der Waals surface area contributed by atoms with Gasteiger partial charge in [0.2, 0.25) is 0 Å². The van der Waals surface area contributed by atoms with Crippen LogP contribution in [0.2, 0.25) is 0 Å². The third-order valence-electron chi connectivity index (χ3n) is 2.22. The van der Waals surface area contributed by atoms with Crippen molar-refractivity contribution in [3.8, 4) is 5.75 Å². The van der Waals surface area contributed by atoms with Crippen LogP contribution >= 0.6 is 15.9 Å². The van der Waals surface area contributed by atoms with Crippen LogP contribution in [-0.4, -0.2) is 43.3 Å². The quantitative estimate of drug-likeness (QED) is 0.772. The van der Waals surface area contributed by atoms with Crippen molar-refractivity contribution in [3.05, 3.63) is 28.5 Å². The zero-order valence-corrected chi connectivity index (χ0v) is 12.1. The number of carboxylic acid groups (broad SMARTS) is 1. The second kappa shape index (κ2) is 7.81. The van der Waals surface area contributed by atoms with Gasteiger partial charge >= 0.3 is 5.97 Å². The molecule has 8 heteroatoms. The molecule has 1 amide bonds. The summed E-state index contributed by atoms with van der Waals surface area (Å²) in [6, 6.07) is 2.93. The van der Waals surface area contributed by atoms with Crippen molar-refractivity contribution in [2.75, 3.05) is 20.3 Å². The first-order valence-electron chi connectivity index (χ1n) is 5.53. The van der Waals surface area contributed by atoms with Crippen molar-refractivity contribution in [2.24, 2.45) is 0 Å². The van der Waals surface area contributed by atoms with E-state index in [1.807, 2.05) is 0 Å². The van der Waals surface area contributed by atoms with E-state index < -0.39 is 30.3 Å². The van der Waals surface area contributed by atoms with Crippen LogP contribution in [0.25, 0.3) is 0 Å². The minimum absolute atomic E-state index is 0.0954. The van der Waals surface area contributed by atoms with Gasteiger partial charge in [-0.3, -0.25) is 4.79 Å². The van der Waals surface area contributed by atoms with Gasteiger partial charge in [-0.15, -0.1) is 0 Å². The van der Waals surface area contributed by atoms with Crippen molar-refractivity contribution < 1.29 is 28.6 Å². The molecule has 0 aliphatic rings. The zero-order valence-electron chi connectivity index (χ0n) is 10.6. The van der Waals surface area contributed by atoms with Gasteiger partial charge in [-0.1, -0.05) is 15.9 Å². The second-order valence-electron chi connectivity index (χ2n) is 3.78. The maximum absolute atomic E-state index is 13.4. The molecule has 1 aromatic rings. The number of aliphatic carboxylic acids is 1. The average Bonchev–Trinajstić information content (AvgIpc) is 2.37. The van der Waals surface area contributed by atoms with E-state index in [1.54, 1.807) is 6.07 Å². The lowest BCUT2D eigenvalue weighted by molar-refractivity contribution is -0.143. The number of rotatable bonds is 7. The lowest BCUT2D eigenvalue weighted by Crippen LogP contribution is -2.45. The highest BCUT2D eigenvalue weighted by Gasteiger charge is 2.20. The number of amides is 1. The van der Waals surface area contributed by atoms with Crippen molar-refractivity contribution in [1.29, 1.82) is 0 Å². The molecule has 1 rings (SSSR count). The molecule has 1 aromatic carbocycles. The fourth-order valence-corrected chi connectivity index (χ4v) is 1.65. The van der Waals surface area contributed by atoms with Crippen LogP contribution in [0, 0.1) is 5.82 Å². The van der Waals surface area contributed by atoms with Crippen molar-refractivity contribution in [2.45, 2.75) is 6.04 Å². The van der Waals surface area contributed by atoms with Gasteiger partial charge in [0.25, 0.3) is 5.91 Å². The molecule has 0 saturated heterocycles. The van der Waals surface area contributed by atoms with Gasteiger partial charge in [0.15, 0.2) is 24.2 Å². The number of carbonyl (C=O) groups excluding carboxylic acids is 1. The molecule has 20 heavy (non-hydrogen) atoms. The molecule has 0 heterocycles. The summed E-state index contributed by atoms with van der Waals surface area (Å²) in [5, 5.41) is 11.0. The Morgan fingerprint density at radius 1 is 1.50 bits per heavy atom. The van der Waals surface area contributed by atoms with E-state index in [0.29, 0.717) is 4.47 Å². The first-order valence-corrected chi connectivity index (χ1v) is 6.32. The number of ether oxygens (including phenoxy) is 2. The molecule has 6 nitrogen and oxygen atoms in total. The Bertz CT molecular complexity index is 497. The monoisotopic (exact) mass is 349 g/mol. The predicted octanol–water partition coefficient (Wildman–Crippen LogP) is 1.18. The Labute approximate surface area is 123 Å². The van der Waals surface area contributed by atoms with Gasteiger partial charge in [-0.25, -0.2) is 9.18 Å². The van der Waals surface area contributed by atoms with E-state index >= 15 is 0 Å². The molecule has 0 aliphatic heterocycles. The van der Waals surface area contributed by atoms with Gasteiger partial charge in [0.05, 0.1) is 6.61 Å². The summed E-state index contributed by atoms with van der Waals surface area (Å²) in [6.45, 7) is -0.667.